The number of nitrogens with one attached hydrogen (secondary N) is 1. The number of anilines is 1. The van der Waals surface area contributed by atoms with Crippen LogP contribution in [-0.2, 0) is 0 Å². The number of halogens is 2. The number of hydrogen-bond acceptors (Lipinski definition) is 2. The van der Waals surface area contributed by atoms with Crippen LogP contribution in [0.3, 0.4) is 0 Å². The molecule has 18 heavy (non-hydrogen) atoms. The Labute approximate surface area is 102 Å². The smallest absolute Gasteiger partial charge is 0.255 e. The molecule has 0 heterocycles. The second-order valence-corrected chi connectivity index (χ2v) is 3.63. The topological polar surface area (TPSA) is 49.3 Å². The first-order chi connectivity index (χ1) is 8.56. The number of phenolic OH excluding ortho intramolecular Hbond substituents is 1. The van der Waals surface area contributed by atoms with Crippen molar-refractivity contribution in [1.82, 2.24) is 0 Å². The average molecular weight is 249 g/mol. The van der Waals surface area contributed by atoms with Gasteiger partial charge < -0.3 is 10.4 Å². The average Bonchev–Trinajstić information content (AvgIpc) is 2.34. The SMILES string of the molecule is O=C(Nc1cc(F)ccc1F)c1cccc(O)c1. The van der Waals surface area contributed by atoms with E-state index in [1.165, 1.54) is 24.3 Å². The highest BCUT2D eigenvalue weighted by Crippen LogP contribution is 2.17. The molecule has 0 saturated carbocycles. The van der Waals surface area contributed by atoms with Crippen molar-refractivity contribution in [1.29, 1.82) is 0 Å². The third-order valence-electron chi connectivity index (χ3n) is 2.28. The molecule has 0 radical (unpaired) electrons. The van der Waals surface area contributed by atoms with Crippen LogP contribution in [0.4, 0.5) is 14.5 Å². The summed E-state index contributed by atoms with van der Waals surface area (Å²) in [7, 11) is 0. The van der Waals surface area contributed by atoms with Gasteiger partial charge in [-0.3, -0.25) is 4.79 Å². The number of aromatic hydroxyl groups is 1. The van der Waals surface area contributed by atoms with E-state index >= 15 is 0 Å². The summed E-state index contributed by atoms with van der Waals surface area (Å²) < 4.78 is 26.2. The standard InChI is InChI=1S/C13H9F2NO2/c14-9-4-5-11(15)12(7-9)16-13(18)8-2-1-3-10(17)6-8/h1-7,17H,(H,16,18). The fourth-order valence-corrected chi connectivity index (χ4v) is 1.43. The van der Waals surface area contributed by atoms with Crippen LogP contribution in [0.1, 0.15) is 10.4 Å². The third-order valence-corrected chi connectivity index (χ3v) is 2.28. The molecule has 2 N–H and O–H groups in total. The van der Waals surface area contributed by atoms with E-state index in [0.717, 1.165) is 18.2 Å². The summed E-state index contributed by atoms with van der Waals surface area (Å²) in [5, 5.41) is 11.4. The van der Waals surface area contributed by atoms with Gasteiger partial charge in [-0.1, -0.05) is 6.07 Å². The lowest BCUT2D eigenvalue weighted by Gasteiger charge is -2.06. The normalized spacial score (nSPS) is 10.1. The van der Waals surface area contributed by atoms with E-state index in [1.54, 1.807) is 0 Å². The highest BCUT2D eigenvalue weighted by atomic mass is 19.1. The first-order valence-electron chi connectivity index (χ1n) is 5.12. The van der Waals surface area contributed by atoms with Crippen LogP contribution in [0.15, 0.2) is 42.5 Å². The molecule has 0 atom stereocenters. The Kier molecular flexibility index (Phi) is 3.23. The summed E-state index contributed by atoms with van der Waals surface area (Å²) in [5.41, 5.74) is -0.0954. The molecule has 0 aliphatic heterocycles. The molecule has 0 spiro atoms. The summed E-state index contributed by atoms with van der Waals surface area (Å²) >= 11 is 0. The Morgan fingerprint density at radius 3 is 2.61 bits per heavy atom. The second-order valence-electron chi connectivity index (χ2n) is 3.63. The molecular weight excluding hydrogens is 240 g/mol. The summed E-state index contributed by atoms with van der Waals surface area (Å²) in [6.45, 7) is 0. The number of carbonyl (C=O) groups is 1. The van der Waals surface area contributed by atoms with Crippen molar-refractivity contribution >= 4 is 11.6 Å². The van der Waals surface area contributed by atoms with Crippen LogP contribution in [0.5, 0.6) is 5.75 Å². The minimum Gasteiger partial charge on any atom is -0.508 e. The fraction of sp³-hybridized carbons (Fsp3) is 0. The van der Waals surface area contributed by atoms with Crippen molar-refractivity contribution in [2.24, 2.45) is 0 Å². The van der Waals surface area contributed by atoms with Gasteiger partial charge in [-0.15, -0.1) is 0 Å². The van der Waals surface area contributed by atoms with Crippen molar-refractivity contribution in [2.45, 2.75) is 0 Å². The molecule has 5 heteroatoms. The lowest BCUT2D eigenvalue weighted by molar-refractivity contribution is 0.102. The van der Waals surface area contributed by atoms with E-state index in [-0.39, 0.29) is 17.0 Å². The monoisotopic (exact) mass is 249 g/mol. The van der Waals surface area contributed by atoms with Crippen LogP contribution in [0, 0.1) is 11.6 Å². The third kappa shape index (κ3) is 2.63. The molecule has 3 nitrogen and oxygen atoms in total. The highest BCUT2D eigenvalue weighted by Gasteiger charge is 2.10. The largest absolute Gasteiger partial charge is 0.508 e. The van der Waals surface area contributed by atoms with Gasteiger partial charge in [0.2, 0.25) is 0 Å². The molecule has 1 amide bonds. The van der Waals surface area contributed by atoms with Crippen LogP contribution in [-0.4, -0.2) is 11.0 Å². The lowest BCUT2D eigenvalue weighted by atomic mass is 10.2. The number of hydrogen-bond donors (Lipinski definition) is 2. The van der Waals surface area contributed by atoms with Crippen LogP contribution < -0.4 is 5.32 Å². The predicted octanol–water partition coefficient (Wildman–Crippen LogP) is 2.92. The first-order valence-corrected chi connectivity index (χ1v) is 5.12. The molecule has 0 aromatic heterocycles. The van der Waals surface area contributed by atoms with Gasteiger partial charge in [0.05, 0.1) is 5.69 Å². The zero-order valence-electron chi connectivity index (χ0n) is 9.15. The zero-order chi connectivity index (χ0) is 13.1. The first kappa shape index (κ1) is 12.0. The number of benzene rings is 2. The molecule has 2 aromatic carbocycles. The molecule has 0 aliphatic rings. The number of amides is 1. The van der Waals surface area contributed by atoms with Crippen molar-refractivity contribution in [2.75, 3.05) is 5.32 Å². The van der Waals surface area contributed by atoms with Gasteiger partial charge in [0.1, 0.15) is 17.4 Å². The Bertz CT molecular complexity index is 599. The summed E-state index contributed by atoms with van der Waals surface area (Å²) in [5.74, 6) is -2.09. The van der Waals surface area contributed by atoms with E-state index in [0.29, 0.717) is 0 Å². The maximum absolute atomic E-state index is 13.3. The zero-order valence-corrected chi connectivity index (χ0v) is 9.15. The number of phenols is 1. The predicted molar refractivity (Wildman–Crippen MR) is 62.4 cm³/mol. The number of rotatable bonds is 2. The van der Waals surface area contributed by atoms with Crippen LogP contribution in [0.2, 0.25) is 0 Å². The van der Waals surface area contributed by atoms with Crippen molar-refractivity contribution in [3.63, 3.8) is 0 Å². The Hall–Kier alpha value is -2.43. The molecule has 92 valence electrons. The van der Waals surface area contributed by atoms with Gasteiger partial charge in [-0.25, -0.2) is 8.78 Å². The van der Waals surface area contributed by atoms with E-state index in [1.807, 2.05) is 0 Å². The van der Waals surface area contributed by atoms with E-state index in [9.17, 15) is 18.7 Å². The van der Waals surface area contributed by atoms with Gasteiger partial charge in [0, 0.05) is 11.6 Å². The van der Waals surface area contributed by atoms with Gasteiger partial charge in [-0.2, -0.15) is 0 Å². The molecule has 0 saturated heterocycles. The van der Waals surface area contributed by atoms with Gasteiger partial charge >= 0.3 is 0 Å². The summed E-state index contributed by atoms with van der Waals surface area (Å²) in [6.07, 6.45) is 0. The molecule has 0 fully saturated rings. The van der Waals surface area contributed by atoms with Crippen LogP contribution in [0.25, 0.3) is 0 Å². The summed E-state index contributed by atoms with van der Waals surface area (Å²) in [6, 6.07) is 8.33. The summed E-state index contributed by atoms with van der Waals surface area (Å²) in [4.78, 5) is 11.7. The Balaban J connectivity index is 2.24. The maximum atomic E-state index is 13.3. The van der Waals surface area contributed by atoms with E-state index in [4.69, 9.17) is 0 Å². The molecule has 2 rings (SSSR count). The van der Waals surface area contributed by atoms with E-state index < -0.39 is 17.5 Å². The van der Waals surface area contributed by atoms with Crippen molar-refractivity contribution in [3.8, 4) is 5.75 Å². The van der Waals surface area contributed by atoms with Crippen LogP contribution >= 0.6 is 0 Å². The molecule has 0 bridgehead atoms. The highest BCUT2D eigenvalue weighted by molar-refractivity contribution is 6.04. The number of carbonyl (C=O) groups excluding carboxylic acids is 1. The molecule has 2 aromatic rings. The quantitative estimate of drug-likeness (QED) is 0.859. The fourth-order valence-electron chi connectivity index (χ4n) is 1.43. The minimum atomic E-state index is -0.732. The Morgan fingerprint density at radius 1 is 1.11 bits per heavy atom. The molecule has 0 unspecified atom stereocenters. The van der Waals surface area contributed by atoms with Gasteiger partial charge in [-0.05, 0) is 30.3 Å². The van der Waals surface area contributed by atoms with Crippen molar-refractivity contribution in [3.05, 3.63) is 59.7 Å². The Morgan fingerprint density at radius 2 is 1.89 bits per heavy atom. The molecular formula is C13H9F2NO2. The minimum absolute atomic E-state index is 0.0811. The lowest BCUT2D eigenvalue weighted by Crippen LogP contribution is -2.13. The van der Waals surface area contributed by atoms with E-state index in [2.05, 4.69) is 5.32 Å². The van der Waals surface area contributed by atoms with Gasteiger partial charge in [0.15, 0.2) is 0 Å². The second kappa shape index (κ2) is 4.83. The maximum Gasteiger partial charge on any atom is 0.255 e. The molecule has 0 aliphatic carbocycles. The van der Waals surface area contributed by atoms with Crippen molar-refractivity contribution < 1.29 is 18.7 Å². The van der Waals surface area contributed by atoms with Gasteiger partial charge in [0.25, 0.3) is 5.91 Å².